The van der Waals surface area contributed by atoms with Gasteiger partial charge in [0.05, 0.1) is 63.9 Å². The van der Waals surface area contributed by atoms with E-state index in [0.717, 1.165) is 5.52 Å². The number of hydrogen-bond donors (Lipinski definition) is 3. The first-order valence-electron chi connectivity index (χ1n) is 10.5. The van der Waals surface area contributed by atoms with Crippen LogP contribution < -0.4 is 10.6 Å². The lowest BCUT2D eigenvalue weighted by Crippen LogP contribution is -2.42. The van der Waals surface area contributed by atoms with Crippen LogP contribution in [0, 0.1) is 11.3 Å². The highest BCUT2D eigenvalue weighted by Crippen LogP contribution is 2.27. The second kappa shape index (κ2) is 9.25. The molecule has 0 radical (unpaired) electrons. The van der Waals surface area contributed by atoms with Gasteiger partial charge in [0, 0.05) is 12.4 Å². The monoisotopic (exact) mass is 459 g/mol. The molecule has 0 fully saturated rings. The zero-order valence-electron chi connectivity index (χ0n) is 18.5. The van der Waals surface area contributed by atoms with Crippen molar-refractivity contribution in [3.8, 4) is 17.5 Å². The fraction of sp³-hybridized carbons (Fsp3) is 0.208. The largest absolute Gasteiger partial charge is 0.387 e. The number of rotatable bonds is 7. The maximum absolute atomic E-state index is 14.2. The second-order valence-electron chi connectivity index (χ2n) is 8.22. The fourth-order valence-electron chi connectivity index (χ4n) is 3.25. The maximum Gasteiger partial charge on any atom is 0.255 e. The Kier molecular flexibility index (Phi) is 6.21. The SMILES string of the molecule is CC(C)(O)C(F)CNC(=O)c1cnc(-c2ccc3cc(C#N)cnn23)cc1Nc1cccnc1. The van der Waals surface area contributed by atoms with Gasteiger partial charge in [-0.2, -0.15) is 10.4 Å². The van der Waals surface area contributed by atoms with E-state index in [2.05, 4.69) is 31.8 Å². The van der Waals surface area contributed by atoms with Crippen molar-refractivity contribution in [1.29, 1.82) is 5.26 Å². The minimum atomic E-state index is -1.64. The molecule has 4 aromatic rings. The lowest BCUT2D eigenvalue weighted by Gasteiger charge is -2.22. The minimum absolute atomic E-state index is 0.191. The van der Waals surface area contributed by atoms with Crippen molar-refractivity contribution in [2.75, 3.05) is 11.9 Å². The van der Waals surface area contributed by atoms with Gasteiger partial charge in [-0.05, 0) is 50.2 Å². The van der Waals surface area contributed by atoms with E-state index in [1.165, 1.54) is 26.2 Å². The van der Waals surface area contributed by atoms with Crippen LogP contribution in [0.2, 0.25) is 0 Å². The number of nitrogens with zero attached hydrogens (tertiary/aromatic N) is 5. The van der Waals surface area contributed by atoms with E-state index in [9.17, 15) is 14.3 Å². The van der Waals surface area contributed by atoms with Gasteiger partial charge in [-0.15, -0.1) is 0 Å². The number of hydrogen-bond acceptors (Lipinski definition) is 7. The number of amides is 1. The van der Waals surface area contributed by atoms with Gasteiger partial charge in [-0.3, -0.25) is 14.8 Å². The van der Waals surface area contributed by atoms with Gasteiger partial charge < -0.3 is 15.7 Å². The Morgan fingerprint density at radius 2 is 2.09 bits per heavy atom. The second-order valence-corrected chi connectivity index (χ2v) is 8.22. The number of aliphatic hydroxyl groups is 1. The maximum atomic E-state index is 14.2. The lowest BCUT2D eigenvalue weighted by atomic mass is 10.0. The van der Waals surface area contributed by atoms with Crippen molar-refractivity contribution in [3.05, 3.63) is 72.3 Å². The van der Waals surface area contributed by atoms with Crippen LogP contribution in [0.5, 0.6) is 0 Å². The molecule has 9 nitrogen and oxygen atoms in total. The first-order chi connectivity index (χ1) is 16.3. The number of nitriles is 1. The third kappa shape index (κ3) is 4.84. The summed E-state index contributed by atoms with van der Waals surface area (Å²) < 4.78 is 15.8. The molecule has 0 aliphatic rings. The molecule has 1 atom stereocenters. The van der Waals surface area contributed by atoms with E-state index in [-0.39, 0.29) is 12.1 Å². The summed E-state index contributed by atoms with van der Waals surface area (Å²) in [5.74, 6) is -0.547. The summed E-state index contributed by atoms with van der Waals surface area (Å²) in [4.78, 5) is 21.4. The summed E-state index contributed by atoms with van der Waals surface area (Å²) in [5, 5.41) is 28.9. The Morgan fingerprint density at radius 1 is 1.26 bits per heavy atom. The molecule has 10 heteroatoms. The summed E-state index contributed by atoms with van der Waals surface area (Å²) >= 11 is 0. The number of anilines is 2. The highest BCUT2D eigenvalue weighted by Gasteiger charge is 2.27. The van der Waals surface area contributed by atoms with Gasteiger partial charge in [0.1, 0.15) is 12.2 Å². The molecule has 0 bridgehead atoms. The van der Waals surface area contributed by atoms with Gasteiger partial charge in [-0.25, -0.2) is 8.91 Å². The zero-order chi connectivity index (χ0) is 24.3. The summed E-state index contributed by atoms with van der Waals surface area (Å²) in [6.45, 7) is 2.32. The first-order valence-corrected chi connectivity index (χ1v) is 10.5. The van der Waals surface area contributed by atoms with Crippen molar-refractivity contribution in [2.24, 2.45) is 0 Å². The van der Waals surface area contributed by atoms with E-state index in [1.54, 1.807) is 41.2 Å². The Labute approximate surface area is 194 Å². The highest BCUT2D eigenvalue weighted by atomic mass is 19.1. The van der Waals surface area contributed by atoms with Gasteiger partial charge in [-0.1, -0.05) is 0 Å². The molecule has 0 saturated heterocycles. The molecule has 0 saturated carbocycles. The molecule has 4 rings (SSSR count). The molecular formula is C24H22FN7O2. The Hall–Kier alpha value is -4.36. The molecule has 3 N–H and O–H groups in total. The molecule has 0 spiro atoms. The van der Waals surface area contributed by atoms with E-state index in [4.69, 9.17) is 5.26 Å². The topological polar surface area (TPSA) is 128 Å². The van der Waals surface area contributed by atoms with Gasteiger partial charge in [0.2, 0.25) is 0 Å². The number of fused-ring (bicyclic) bond motifs is 1. The Bertz CT molecular complexity index is 1370. The first kappa shape index (κ1) is 22.8. The van der Waals surface area contributed by atoms with Crippen molar-refractivity contribution < 1.29 is 14.3 Å². The third-order valence-electron chi connectivity index (χ3n) is 5.19. The van der Waals surface area contributed by atoms with Crippen molar-refractivity contribution in [2.45, 2.75) is 25.6 Å². The van der Waals surface area contributed by atoms with Crippen LogP contribution in [-0.2, 0) is 0 Å². The van der Waals surface area contributed by atoms with E-state index in [0.29, 0.717) is 28.3 Å². The summed E-state index contributed by atoms with van der Waals surface area (Å²) in [5.41, 5.74) is 2.03. The predicted octanol–water partition coefficient (Wildman–Crippen LogP) is 3.25. The summed E-state index contributed by atoms with van der Waals surface area (Å²) in [6.07, 6.45) is 4.44. The minimum Gasteiger partial charge on any atom is -0.387 e. The van der Waals surface area contributed by atoms with Crippen LogP contribution >= 0.6 is 0 Å². The molecule has 34 heavy (non-hydrogen) atoms. The van der Waals surface area contributed by atoms with Crippen LogP contribution in [-0.4, -0.2) is 48.9 Å². The summed E-state index contributed by atoms with van der Waals surface area (Å²) in [6, 6.07) is 12.6. The smallest absolute Gasteiger partial charge is 0.255 e. The predicted molar refractivity (Wildman–Crippen MR) is 124 cm³/mol. The number of pyridine rings is 2. The Balaban J connectivity index is 1.70. The molecular weight excluding hydrogens is 437 g/mol. The van der Waals surface area contributed by atoms with Crippen molar-refractivity contribution >= 4 is 22.8 Å². The van der Waals surface area contributed by atoms with E-state index >= 15 is 0 Å². The van der Waals surface area contributed by atoms with E-state index < -0.39 is 17.7 Å². The van der Waals surface area contributed by atoms with E-state index in [1.807, 2.05) is 12.1 Å². The summed E-state index contributed by atoms with van der Waals surface area (Å²) in [7, 11) is 0. The number of aromatic nitrogens is 4. The number of halogens is 1. The molecule has 172 valence electrons. The molecule has 1 unspecified atom stereocenters. The highest BCUT2D eigenvalue weighted by molar-refractivity contribution is 6.00. The molecule has 4 heterocycles. The van der Waals surface area contributed by atoms with Crippen LogP contribution in [0.3, 0.4) is 0 Å². The average molecular weight is 459 g/mol. The zero-order valence-corrected chi connectivity index (χ0v) is 18.5. The number of alkyl halides is 1. The fourth-order valence-corrected chi connectivity index (χ4v) is 3.25. The molecule has 4 aromatic heterocycles. The molecule has 0 aromatic carbocycles. The Morgan fingerprint density at radius 3 is 2.79 bits per heavy atom. The molecule has 1 amide bonds. The van der Waals surface area contributed by atoms with Crippen LogP contribution in [0.25, 0.3) is 16.9 Å². The van der Waals surface area contributed by atoms with Crippen LogP contribution in [0.4, 0.5) is 15.8 Å². The quantitative estimate of drug-likeness (QED) is 0.387. The lowest BCUT2D eigenvalue weighted by molar-refractivity contribution is -0.00177. The van der Waals surface area contributed by atoms with Gasteiger partial charge in [0.25, 0.3) is 5.91 Å². The number of carbonyl (C=O) groups excluding carboxylic acids is 1. The van der Waals surface area contributed by atoms with Crippen molar-refractivity contribution in [3.63, 3.8) is 0 Å². The number of carbonyl (C=O) groups is 1. The van der Waals surface area contributed by atoms with Crippen LogP contribution in [0.1, 0.15) is 29.8 Å². The average Bonchev–Trinajstić information content (AvgIpc) is 3.25. The van der Waals surface area contributed by atoms with Crippen LogP contribution in [0.15, 0.2) is 61.2 Å². The third-order valence-corrected chi connectivity index (χ3v) is 5.19. The normalized spacial score (nSPS) is 12.2. The van der Waals surface area contributed by atoms with Crippen molar-refractivity contribution in [1.82, 2.24) is 24.9 Å². The van der Waals surface area contributed by atoms with Gasteiger partial charge in [0.15, 0.2) is 0 Å². The molecule has 0 aliphatic carbocycles. The molecule has 0 aliphatic heterocycles. The number of nitrogens with one attached hydrogen (secondary N) is 2. The standard InChI is InChI=1S/C24H22FN7O2/c1-24(2,34)22(25)14-29-23(33)18-13-28-20(9-19(18)31-16-4-3-7-27-12-16)21-6-5-17-8-15(10-26)11-30-32(17)21/h3-9,11-13,22,34H,14H2,1-2H3,(H,28,31)(H,29,33). The van der Waals surface area contributed by atoms with Gasteiger partial charge >= 0.3 is 0 Å².